The molecular weight excluding hydrogens is 696 g/mol. The molecular formula is C48H89KO3S. The summed E-state index contributed by atoms with van der Waals surface area (Å²) < 4.78 is 33.1. The van der Waals surface area contributed by atoms with E-state index in [9.17, 15) is 13.0 Å². The van der Waals surface area contributed by atoms with Crippen LogP contribution in [0.5, 0.6) is 0 Å². The van der Waals surface area contributed by atoms with Crippen LogP contribution in [0.3, 0.4) is 0 Å². The normalized spacial score (nSPS) is 11.7. The van der Waals surface area contributed by atoms with Gasteiger partial charge < -0.3 is 4.55 Å². The second-order valence-corrected chi connectivity index (χ2v) is 18.0. The molecule has 0 unspecified atom stereocenters. The second-order valence-electron chi connectivity index (χ2n) is 16.6. The fourth-order valence-corrected chi connectivity index (χ4v) is 8.41. The van der Waals surface area contributed by atoms with Gasteiger partial charge in [0.25, 0.3) is 0 Å². The summed E-state index contributed by atoms with van der Waals surface area (Å²) in [4.78, 5) is -0.131. The molecule has 0 spiro atoms. The maximum Gasteiger partial charge on any atom is 1.00 e. The number of rotatable bonds is 42. The van der Waals surface area contributed by atoms with Gasteiger partial charge in [0, 0.05) is 0 Å². The molecule has 0 N–H and O–H groups in total. The van der Waals surface area contributed by atoms with E-state index >= 15 is 0 Å². The zero-order valence-corrected chi connectivity index (χ0v) is 39.9. The molecule has 0 aliphatic carbocycles. The van der Waals surface area contributed by atoms with E-state index in [4.69, 9.17) is 0 Å². The first-order valence-electron chi connectivity index (χ1n) is 23.6. The molecule has 5 heteroatoms. The Labute approximate surface area is 375 Å². The molecule has 53 heavy (non-hydrogen) atoms. The van der Waals surface area contributed by atoms with Crippen LogP contribution in [0.15, 0.2) is 29.2 Å². The molecule has 0 aliphatic rings. The van der Waals surface area contributed by atoms with Crippen LogP contribution in [0.25, 0.3) is 0 Å². The van der Waals surface area contributed by atoms with E-state index in [1.54, 1.807) is 12.1 Å². The predicted octanol–water partition coefficient (Wildman–Crippen LogP) is 13.8. The van der Waals surface area contributed by atoms with Gasteiger partial charge in [-0.25, -0.2) is 8.42 Å². The summed E-state index contributed by atoms with van der Waals surface area (Å²) in [5, 5.41) is 0. The molecule has 306 valence electrons. The standard InChI is InChI=1S/C48H90O3S.K/c1-2-3-4-5-6-7-8-9-10-11-12-13-14-15-16-17-18-19-20-21-22-23-24-25-26-27-28-29-30-31-32-33-34-35-36-37-38-39-40-41-42-47-43-45-48(46-44-47)52(49,50)51;/h43-46H,2-42H2,1H3,(H,49,50,51);/q;+1/p-1. The van der Waals surface area contributed by atoms with Crippen LogP contribution in [0.2, 0.25) is 0 Å². The number of hydrogen-bond acceptors (Lipinski definition) is 3. The fourth-order valence-electron chi connectivity index (χ4n) is 7.94. The summed E-state index contributed by atoms with van der Waals surface area (Å²) in [6.45, 7) is 2.31. The summed E-state index contributed by atoms with van der Waals surface area (Å²) in [7, 11) is -4.33. The summed E-state index contributed by atoms with van der Waals surface area (Å²) >= 11 is 0. The van der Waals surface area contributed by atoms with Crippen molar-refractivity contribution in [1.29, 1.82) is 0 Å². The first-order chi connectivity index (χ1) is 25.5. The zero-order chi connectivity index (χ0) is 37.5. The number of benzene rings is 1. The Balaban J connectivity index is 0.0000270. The minimum Gasteiger partial charge on any atom is -0.744 e. The summed E-state index contributed by atoms with van der Waals surface area (Å²) in [6.07, 6.45) is 58.3. The van der Waals surface area contributed by atoms with E-state index in [0.29, 0.717) is 0 Å². The van der Waals surface area contributed by atoms with Gasteiger partial charge in [-0.2, -0.15) is 0 Å². The first kappa shape index (κ1) is 53.8. The molecule has 0 amide bonds. The topological polar surface area (TPSA) is 57.2 Å². The Hall–Kier alpha value is 0.766. The number of unbranched alkanes of at least 4 members (excludes halogenated alkanes) is 39. The Kier molecular flexibility index (Phi) is 43.0. The molecule has 0 saturated carbocycles. The van der Waals surface area contributed by atoms with Crippen LogP contribution in [0.4, 0.5) is 0 Å². The average Bonchev–Trinajstić information content (AvgIpc) is 3.14. The van der Waals surface area contributed by atoms with Crippen molar-refractivity contribution >= 4 is 10.1 Å². The first-order valence-corrected chi connectivity index (χ1v) is 25.0. The molecule has 1 aromatic carbocycles. The van der Waals surface area contributed by atoms with Crippen LogP contribution in [0.1, 0.15) is 269 Å². The second kappa shape index (κ2) is 42.4. The molecule has 0 saturated heterocycles. The monoisotopic (exact) mass is 785 g/mol. The Morgan fingerprint density at radius 3 is 0.717 bits per heavy atom. The van der Waals surface area contributed by atoms with E-state index in [2.05, 4.69) is 6.92 Å². The zero-order valence-electron chi connectivity index (χ0n) is 35.9. The van der Waals surface area contributed by atoms with Gasteiger partial charge in [-0.1, -0.05) is 269 Å². The Morgan fingerprint density at radius 2 is 0.528 bits per heavy atom. The van der Waals surface area contributed by atoms with Crippen molar-refractivity contribution in [2.24, 2.45) is 0 Å². The van der Waals surface area contributed by atoms with E-state index in [0.717, 1.165) is 18.4 Å². The quantitative estimate of drug-likeness (QED) is 0.0377. The minimum atomic E-state index is -4.33. The maximum absolute atomic E-state index is 11.0. The van der Waals surface area contributed by atoms with Crippen molar-refractivity contribution in [3.05, 3.63) is 29.8 Å². The predicted molar refractivity (Wildman–Crippen MR) is 228 cm³/mol. The van der Waals surface area contributed by atoms with Crippen molar-refractivity contribution in [1.82, 2.24) is 0 Å². The molecule has 0 heterocycles. The molecule has 0 radical (unpaired) electrons. The summed E-state index contributed by atoms with van der Waals surface area (Å²) in [5.41, 5.74) is 1.11. The SMILES string of the molecule is CCCCCCCCCCCCCCCCCCCCCCCCCCCCCCCCCCCCCCCCCCc1ccc(S(=O)(=O)[O-])cc1.[K+]. The van der Waals surface area contributed by atoms with E-state index in [1.165, 1.54) is 263 Å². The molecule has 0 fully saturated rings. The molecule has 0 bridgehead atoms. The number of aryl methyl sites for hydroxylation is 1. The van der Waals surface area contributed by atoms with Gasteiger partial charge in [0.1, 0.15) is 10.1 Å². The van der Waals surface area contributed by atoms with Gasteiger partial charge in [0.15, 0.2) is 0 Å². The molecule has 0 aliphatic heterocycles. The summed E-state index contributed by atoms with van der Waals surface area (Å²) in [6, 6.07) is 6.42. The third-order valence-corrected chi connectivity index (χ3v) is 12.4. The third-order valence-electron chi connectivity index (χ3n) is 11.5. The van der Waals surface area contributed by atoms with Crippen molar-refractivity contribution < 1.29 is 64.4 Å². The van der Waals surface area contributed by atoms with Crippen LogP contribution in [-0.2, 0) is 16.5 Å². The molecule has 3 nitrogen and oxygen atoms in total. The molecule has 0 aromatic heterocycles. The average molecular weight is 785 g/mol. The van der Waals surface area contributed by atoms with Crippen molar-refractivity contribution in [2.45, 2.75) is 275 Å². The maximum atomic E-state index is 11.0. The van der Waals surface area contributed by atoms with Crippen molar-refractivity contribution in [2.75, 3.05) is 0 Å². The van der Waals surface area contributed by atoms with Gasteiger partial charge in [0.2, 0.25) is 0 Å². The van der Waals surface area contributed by atoms with E-state index < -0.39 is 10.1 Å². The van der Waals surface area contributed by atoms with Crippen molar-refractivity contribution in [3.63, 3.8) is 0 Å². The van der Waals surface area contributed by atoms with Crippen LogP contribution in [-0.4, -0.2) is 13.0 Å². The third kappa shape index (κ3) is 39.4. The van der Waals surface area contributed by atoms with Gasteiger partial charge >= 0.3 is 51.4 Å². The summed E-state index contributed by atoms with van der Waals surface area (Å²) in [5.74, 6) is 0. The Bertz CT molecular complexity index is 948. The molecule has 1 rings (SSSR count). The van der Waals surface area contributed by atoms with Crippen LogP contribution >= 0.6 is 0 Å². The van der Waals surface area contributed by atoms with E-state index in [-0.39, 0.29) is 56.3 Å². The Morgan fingerprint density at radius 1 is 0.340 bits per heavy atom. The van der Waals surface area contributed by atoms with Gasteiger partial charge in [-0.05, 0) is 30.5 Å². The van der Waals surface area contributed by atoms with Gasteiger partial charge in [-0.15, -0.1) is 0 Å². The van der Waals surface area contributed by atoms with Crippen molar-refractivity contribution in [3.8, 4) is 0 Å². The smallest absolute Gasteiger partial charge is 0.744 e. The molecule has 1 aromatic rings. The van der Waals surface area contributed by atoms with E-state index in [1.807, 2.05) is 0 Å². The van der Waals surface area contributed by atoms with Gasteiger partial charge in [0.05, 0.1) is 4.90 Å². The largest absolute Gasteiger partial charge is 1.00 e. The van der Waals surface area contributed by atoms with Crippen LogP contribution < -0.4 is 51.4 Å². The number of hydrogen-bond donors (Lipinski definition) is 0. The fraction of sp³-hybridized carbons (Fsp3) is 0.875. The minimum absolute atomic E-state index is 0. The van der Waals surface area contributed by atoms with Gasteiger partial charge in [-0.3, -0.25) is 0 Å². The van der Waals surface area contributed by atoms with Crippen LogP contribution in [0, 0.1) is 0 Å². The molecule has 0 atom stereocenters.